The molecule has 0 spiro atoms. The summed E-state index contributed by atoms with van der Waals surface area (Å²) in [6.45, 7) is 1.54. The van der Waals surface area contributed by atoms with Crippen LogP contribution in [-0.2, 0) is 15.2 Å². The third kappa shape index (κ3) is 3.34. The number of benzene rings is 3. The van der Waals surface area contributed by atoms with Gasteiger partial charge in [0.2, 0.25) is 5.91 Å². The number of carbonyl (C=O) groups is 2. The summed E-state index contributed by atoms with van der Waals surface area (Å²) in [6, 6.07) is 17.1. The fourth-order valence-electron chi connectivity index (χ4n) is 3.64. The molecule has 5 nitrogen and oxygen atoms in total. The predicted octanol–water partition coefficient (Wildman–Crippen LogP) is 4.01. The summed E-state index contributed by atoms with van der Waals surface area (Å²) in [7, 11) is 0. The van der Waals surface area contributed by atoms with Crippen LogP contribution in [0, 0.1) is 12.7 Å². The van der Waals surface area contributed by atoms with E-state index in [4.69, 9.17) is 11.6 Å². The van der Waals surface area contributed by atoms with E-state index >= 15 is 0 Å². The minimum Gasteiger partial charge on any atom is -0.372 e. The summed E-state index contributed by atoms with van der Waals surface area (Å²) in [6.07, 6.45) is 0. The van der Waals surface area contributed by atoms with Crippen LogP contribution in [0.5, 0.6) is 0 Å². The molecular weight excluding hydrogens is 407 g/mol. The van der Waals surface area contributed by atoms with Crippen LogP contribution in [0.3, 0.4) is 0 Å². The Hall–Kier alpha value is -3.22. The highest BCUT2D eigenvalue weighted by Crippen LogP contribution is 2.44. The Balaban J connectivity index is 1.66. The zero-order valence-electron chi connectivity index (χ0n) is 16.0. The standard InChI is InChI=1S/C23H18ClFN2O3/c1-14-9-10-19(18(24)11-14)26-21(28)13-27-20-8-3-2-7-17(20)23(30,22(27)29)15-5-4-6-16(25)12-15/h2-12,30H,13H2,1H3,(H,26,28). The molecule has 0 fully saturated rings. The van der Waals surface area contributed by atoms with Crippen LogP contribution < -0.4 is 10.2 Å². The first kappa shape index (κ1) is 20.1. The summed E-state index contributed by atoms with van der Waals surface area (Å²) in [5.41, 5.74) is 0.0699. The maximum absolute atomic E-state index is 13.8. The Kier molecular flexibility index (Phi) is 5.05. The molecule has 0 aliphatic carbocycles. The van der Waals surface area contributed by atoms with Crippen molar-refractivity contribution in [3.8, 4) is 0 Å². The average molecular weight is 425 g/mol. The summed E-state index contributed by atoms with van der Waals surface area (Å²) in [5.74, 6) is -1.77. The van der Waals surface area contributed by atoms with Gasteiger partial charge in [-0.05, 0) is 42.8 Å². The Morgan fingerprint density at radius 3 is 2.63 bits per heavy atom. The molecule has 1 aliphatic heterocycles. The van der Waals surface area contributed by atoms with Gasteiger partial charge in [-0.25, -0.2) is 4.39 Å². The van der Waals surface area contributed by atoms with Gasteiger partial charge < -0.3 is 10.4 Å². The molecule has 7 heteroatoms. The summed E-state index contributed by atoms with van der Waals surface area (Å²) in [5, 5.41) is 14.4. The van der Waals surface area contributed by atoms with Gasteiger partial charge in [0.15, 0.2) is 5.60 Å². The highest BCUT2D eigenvalue weighted by Gasteiger charge is 2.51. The lowest BCUT2D eigenvalue weighted by Crippen LogP contribution is -2.44. The molecule has 4 rings (SSSR count). The number of aryl methyl sites for hydroxylation is 1. The van der Waals surface area contributed by atoms with Gasteiger partial charge in [-0.2, -0.15) is 0 Å². The number of fused-ring (bicyclic) bond motifs is 1. The smallest absolute Gasteiger partial charge is 0.268 e. The van der Waals surface area contributed by atoms with Crippen molar-refractivity contribution in [3.63, 3.8) is 0 Å². The van der Waals surface area contributed by atoms with Crippen LogP contribution in [0.25, 0.3) is 0 Å². The second-order valence-electron chi connectivity index (χ2n) is 7.16. The molecular formula is C23H18ClFN2O3. The minimum absolute atomic E-state index is 0.101. The third-order valence-corrected chi connectivity index (χ3v) is 5.39. The number of nitrogens with one attached hydrogen (secondary N) is 1. The molecule has 0 radical (unpaired) electrons. The molecule has 2 amide bonds. The van der Waals surface area contributed by atoms with Crippen LogP contribution in [0.2, 0.25) is 5.02 Å². The van der Waals surface area contributed by atoms with E-state index in [1.807, 2.05) is 6.92 Å². The second kappa shape index (κ2) is 7.55. The van der Waals surface area contributed by atoms with Crippen molar-refractivity contribution in [1.29, 1.82) is 0 Å². The largest absolute Gasteiger partial charge is 0.372 e. The predicted molar refractivity (Wildman–Crippen MR) is 113 cm³/mol. The van der Waals surface area contributed by atoms with Gasteiger partial charge in [-0.15, -0.1) is 0 Å². The van der Waals surface area contributed by atoms with Crippen molar-refractivity contribution >= 4 is 34.8 Å². The molecule has 0 aromatic heterocycles. The molecule has 2 N–H and O–H groups in total. The van der Waals surface area contributed by atoms with E-state index < -0.39 is 23.2 Å². The van der Waals surface area contributed by atoms with Crippen molar-refractivity contribution in [2.75, 3.05) is 16.8 Å². The van der Waals surface area contributed by atoms with Gasteiger partial charge in [0.1, 0.15) is 12.4 Å². The topological polar surface area (TPSA) is 69.6 Å². The number of anilines is 2. The first-order chi connectivity index (χ1) is 14.3. The number of nitrogens with zero attached hydrogens (tertiary/aromatic N) is 1. The Morgan fingerprint density at radius 1 is 1.13 bits per heavy atom. The van der Waals surface area contributed by atoms with Gasteiger partial charge in [0.25, 0.3) is 5.91 Å². The summed E-state index contributed by atoms with van der Waals surface area (Å²) >= 11 is 6.17. The number of carbonyl (C=O) groups excluding carboxylic acids is 2. The first-order valence-corrected chi connectivity index (χ1v) is 9.64. The lowest BCUT2D eigenvalue weighted by Gasteiger charge is -2.23. The van der Waals surface area contributed by atoms with Crippen LogP contribution in [0.4, 0.5) is 15.8 Å². The van der Waals surface area contributed by atoms with Crippen LogP contribution >= 0.6 is 11.6 Å². The van der Waals surface area contributed by atoms with Crippen molar-refractivity contribution in [3.05, 3.63) is 94.3 Å². The molecule has 3 aromatic rings. The monoisotopic (exact) mass is 424 g/mol. The lowest BCUT2D eigenvalue weighted by atomic mass is 9.87. The van der Waals surface area contributed by atoms with Crippen molar-refractivity contribution in [2.45, 2.75) is 12.5 Å². The quantitative estimate of drug-likeness (QED) is 0.665. The highest BCUT2D eigenvalue weighted by molar-refractivity contribution is 6.33. The van der Waals surface area contributed by atoms with Crippen molar-refractivity contribution in [1.82, 2.24) is 0 Å². The molecule has 3 aromatic carbocycles. The number of rotatable bonds is 4. The molecule has 0 bridgehead atoms. The van der Waals surface area contributed by atoms with Gasteiger partial charge >= 0.3 is 0 Å². The van der Waals surface area contributed by atoms with E-state index in [-0.39, 0.29) is 12.1 Å². The number of amides is 2. The molecule has 1 heterocycles. The summed E-state index contributed by atoms with van der Waals surface area (Å²) in [4.78, 5) is 27.1. The zero-order chi connectivity index (χ0) is 21.5. The van der Waals surface area contributed by atoms with Crippen molar-refractivity contribution < 1.29 is 19.1 Å². The number of hydrogen-bond acceptors (Lipinski definition) is 3. The van der Waals surface area contributed by atoms with Crippen molar-refractivity contribution in [2.24, 2.45) is 0 Å². The third-order valence-electron chi connectivity index (χ3n) is 5.08. The maximum atomic E-state index is 13.8. The van der Waals surface area contributed by atoms with Gasteiger partial charge in [0.05, 0.1) is 16.4 Å². The fourth-order valence-corrected chi connectivity index (χ4v) is 3.92. The molecule has 0 saturated heterocycles. The normalized spacial score (nSPS) is 17.7. The van der Waals surface area contributed by atoms with Gasteiger partial charge in [-0.1, -0.05) is 48.0 Å². The second-order valence-corrected chi connectivity index (χ2v) is 7.57. The highest BCUT2D eigenvalue weighted by atomic mass is 35.5. The number of hydrogen-bond donors (Lipinski definition) is 2. The molecule has 1 atom stereocenters. The van der Waals surface area contributed by atoms with E-state index in [2.05, 4.69) is 5.32 Å². The minimum atomic E-state index is -2.08. The maximum Gasteiger partial charge on any atom is 0.268 e. The molecule has 1 aliphatic rings. The van der Waals surface area contributed by atoms with E-state index in [9.17, 15) is 19.1 Å². The summed E-state index contributed by atoms with van der Waals surface area (Å²) < 4.78 is 13.8. The number of aliphatic hydroxyl groups is 1. The Labute approximate surface area is 177 Å². The molecule has 0 saturated carbocycles. The van der Waals surface area contributed by atoms with E-state index in [0.717, 1.165) is 11.6 Å². The SMILES string of the molecule is Cc1ccc(NC(=O)CN2C(=O)C(O)(c3cccc(F)c3)c3ccccc32)c(Cl)c1. The van der Waals surface area contributed by atoms with E-state index in [0.29, 0.717) is 22.0 Å². The van der Waals surface area contributed by atoms with E-state index in [1.54, 1.807) is 42.5 Å². The fraction of sp³-hybridized carbons (Fsp3) is 0.130. The van der Waals surface area contributed by atoms with E-state index in [1.165, 1.54) is 23.1 Å². The number of para-hydroxylation sites is 1. The Morgan fingerprint density at radius 2 is 1.90 bits per heavy atom. The van der Waals surface area contributed by atoms with Crippen LogP contribution in [0.1, 0.15) is 16.7 Å². The van der Waals surface area contributed by atoms with Crippen LogP contribution in [-0.4, -0.2) is 23.5 Å². The zero-order valence-corrected chi connectivity index (χ0v) is 16.8. The molecule has 1 unspecified atom stereocenters. The number of halogens is 2. The van der Waals surface area contributed by atoms with Gasteiger partial charge in [0, 0.05) is 11.1 Å². The molecule has 30 heavy (non-hydrogen) atoms. The first-order valence-electron chi connectivity index (χ1n) is 9.26. The van der Waals surface area contributed by atoms with Crippen LogP contribution in [0.15, 0.2) is 66.7 Å². The lowest BCUT2D eigenvalue weighted by molar-refractivity contribution is -0.133. The molecule has 152 valence electrons. The average Bonchev–Trinajstić information content (AvgIpc) is 2.93. The Bertz CT molecular complexity index is 1170. The van der Waals surface area contributed by atoms with Gasteiger partial charge in [-0.3, -0.25) is 14.5 Å².